The van der Waals surface area contributed by atoms with Crippen LogP contribution in [0.3, 0.4) is 0 Å². The van der Waals surface area contributed by atoms with E-state index >= 15 is 0 Å². The lowest BCUT2D eigenvalue weighted by Crippen LogP contribution is -1.97. The van der Waals surface area contributed by atoms with Crippen molar-refractivity contribution in [3.63, 3.8) is 0 Å². The molecule has 6 heteroatoms. The maximum absolute atomic E-state index is 11.4. The van der Waals surface area contributed by atoms with E-state index in [0.29, 0.717) is 4.90 Å². The van der Waals surface area contributed by atoms with Crippen LogP contribution in [0.25, 0.3) is 11.3 Å². The number of rotatable bonds is 2. The number of sulfone groups is 1. The molecule has 0 unspecified atom stereocenters. The van der Waals surface area contributed by atoms with Gasteiger partial charge in [-0.1, -0.05) is 12.1 Å². The smallest absolute Gasteiger partial charge is 0.175 e. The summed E-state index contributed by atoms with van der Waals surface area (Å²) in [6.45, 7) is 1.92. The fraction of sp³-hybridized carbons (Fsp3) is 0.250. The molecule has 1 aromatic heterocycles. The molecule has 0 amide bonds. The summed E-state index contributed by atoms with van der Waals surface area (Å²) in [6, 6.07) is 6.80. The van der Waals surface area contributed by atoms with Crippen LogP contribution in [0, 0.1) is 6.92 Å². The van der Waals surface area contributed by atoms with Crippen LogP contribution in [0.1, 0.15) is 5.69 Å². The van der Waals surface area contributed by atoms with Gasteiger partial charge in [0, 0.05) is 18.9 Å². The SMILES string of the molecule is Cc1nn(C)c(-c2ccc(S(C)(=O)=O)cc2)c1Br. The molecule has 0 radical (unpaired) electrons. The predicted octanol–water partition coefficient (Wildman–Crippen LogP) is 2.56. The van der Waals surface area contributed by atoms with Crippen LogP contribution < -0.4 is 0 Å². The molecular weight excluding hydrogens is 316 g/mol. The van der Waals surface area contributed by atoms with Gasteiger partial charge in [0.1, 0.15) is 0 Å². The number of benzene rings is 1. The Balaban J connectivity index is 2.53. The molecule has 0 atom stereocenters. The van der Waals surface area contributed by atoms with Crippen molar-refractivity contribution in [1.82, 2.24) is 9.78 Å². The lowest BCUT2D eigenvalue weighted by atomic mass is 10.1. The number of aryl methyl sites for hydroxylation is 2. The van der Waals surface area contributed by atoms with Gasteiger partial charge < -0.3 is 0 Å². The van der Waals surface area contributed by atoms with Crippen LogP contribution >= 0.6 is 15.9 Å². The summed E-state index contributed by atoms with van der Waals surface area (Å²) in [4.78, 5) is 0.321. The van der Waals surface area contributed by atoms with Crippen LogP contribution in [-0.2, 0) is 16.9 Å². The Morgan fingerprint density at radius 2 is 1.78 bits per heavy atom. The molecule has 1 aromatic carbocycles. The zero-order valence-electron chi connectivity index (χ0n) is 10.3. The van der Waals surface area contributed by atoms with E-state index in [0.717, 1.165) is 21.4 Å². The molecule has 0 N–H and O–H groups in total. The minimum Gasteiger partial charge on any atom is -0.266 e. The molecule has 0 saturated carbocycles. The third kappa shape index (κ3) is 2.35. The van der Waals surface area contributed by atoms with Crippen molar-refractivity contribution < 1.29 is 8.42 Å². The molecule has 0 aliphatic carbocycles. The summed E-state index contributed by atoms with van der Waals surface area (Å²) in [5.41, 5.74) is 2.77. The molecule has 0 bridgehead atoms. The number of halogens is 1. The summed E-state index contributed by atoms with van der Waals surface area (Å²) in [7, 11) is -1.29. The minimum absolute atomic E-state index is 0.321. The number of hydrogen-bond acceptors (Lipinski definition) is 3. The van der Waals surface area contributed by atoms with Gasteiger partial charge in [0.25, 0.3) is 0 Å². The van der Waals surface area contributed by atoms with Crippen LogP contribution in [0.4, 0.5) is 0 Å². The predicted molar refractivity (Wildman–Crippen MR) is 74.2 cm³/mol. The van der Waals surface area contributed by atoms with Crippen molar-refractivity contribution in [1.29, 1.82) is 0 Å². The highest BCUT2D eigenvalue weighted by Gasteiger charge is 2.13. The summed E-state index contributed by atoms with van der Waals surface area (Å²) >= 11 is 3.49. The molecule has 0 saturated heterocycles. The first-order chi connectivity index (χ1) is 8.30. The zero-order valence-corrected chi connectivity index (χ0v) is 12.7. The number of hydrogen-bond donors (Lipinski definition) is 0. The molecule has 1 heterocycles. The van der Waals surface area contributed by atoms with E-state index in [1.165, 1.54) is 6.26 Å². The van der Waals surface area contributed by atoms with E-state index in [1.807, 2.05) is 14.0 Å². The number of nitrogens with zero attached hydrogens (tertiary/aromatic N) is 2. The van der Waals surface area contributed by atoms with Gasteiger partial charge in [-0.3, -0.25) is 4.68 Å². The van der Waals surface area contributed by atoms with Crippen molar-refractivity contribution in [2.24, 2.45) is 7.05 Å². The highest BCUT2D eigenvalue weighted by Crippen LogP contribution is 2.30. The van der Waals surface area contributed by atoms with Gasteiger partial charge in [0.2, 0.25) is 0 Å². The Bertz CT molecular complexity index is 688. The molecule has 0 aliphatic rings. The van der Waals surface area contributed by atoms with Crippen LogP contribution in [0.15, 0.2) is 33.6 Å². The fourth-order valence-corrected chi connectivity index (χ4v) is 3.00. The van der Waals surface area contributed by atoms with Crippen molar-refractivity contribution >= 4 is 25.8 Å². The Kier molecular flexibility index (Phi) is 3.33. The monoisotopic (exact) mass is 328 g/mol. The minimum atomic E-state index is -3.15. The van der Waals surface area contributed by atoms with Crippen LogP contribution in [-0.4, -0.2) is 24.5 Å². The first-order valence-corrected chi connectivity index (χ1v) is 7.98. The summed E-state index contributed by atoms with van der Waals surface area (Å²) < 4.78 is 25.5. The van der Waals surface area contributed by atoms with Gasteiger partial charge in [-0.2, -0.15) is 5.10 Å². The Hall–Kier alpha value is -1.14. The van der Waals surface area contributed by atoms with Crippen molar-refractivity contribution in [2.45, 2.75) is 11.8 Å². The van der Waals surface area contributed by atoms with Gasteiger partial charge in [-0.25, -0.2) is 8.42 Å². The van der Waals surface area contributed by atoms with Crippen molar-refractivity contribution in [3.05, 3.63) is 34.4 Å². The van der Waals surface area contributed by atoms with Crippen molar-refractivity contribution in [2.75, 3.05) is 6.26 Å². The van der Waals surface area contributed by atoms with Gasteiger partial charge in [-0.05, 0) is 35.0 Å². The summed E-state index contributed by atoms with van der Waals surface area (Å²) in [5.74, 6) is 0. The highest BCUT2D eigenvalue weighted by molar-refractivity contribution is 9.10. The average Bonchev–Trinajstić information content (AvgIpc) is 2.52. The lowest BCUT2D eigenvalue weighted by Gasteiger charge is -2.04. The normalized spacial score (nSPS) is 11.8. The largest absolute Gasteiger partial charge is 0.266 e. The van der Waals surface area contributed by atoms with E-state index in [4.69, 9.17) is 0 Å². The third-order valence-electron chi connectivity index (χ3n) is 2.71. The second kappa shape index (κ2) is 4.51. The topological polar surface area (TPSA) is 52.0 Å². The van der Waals surface area contributed by atoms with E-state index in [9.17, 15) is 8.42 Å². The molecule has 2 aromatic rings. The molecular formula is C12H13BrN2O2S. The summed E-state index contributed by atoms with van der Waals surface area (Å²) in [6.07, 6.45) is 1.20. The molecule has 4 nitrogen and oxygen atoms in total. The third-order valence-corrected chi connectivity index (χ3v) is 4.78. The first-order valence-electron chi connectivity index (χ1n) is 5.30. The van der Waals surface area contributed by atoms with Gasteiger partial charge in [-0.15, -0.1) is 0 Å². The Labute approximate surface area is 115 Å². The van der Waals surface area contributed by atoms with Gasteiger partial charge in [0.15, 0.2) is 9.84 Å². The standard InChI is InChI=1S/C12H13BrN2O2S/c1-8-11(13)12(15(2)14-8)9-4-6-10(7-5-9)18(3,16)17/h4-7H,1-3H3. The second-order valence-electron chi connectivity index (χ2n) is 4.17. The van der Waals surface area contributed by atoms with Gasteiger partial charge in [0.05, 0.1) is 20.8 Å². The van der Waals surface area contributed by atoms with E-state index in [-0.39, 0.29) is 0 Å². The maximum Gasteiger partial charge on any atom is 0.175 e. The van der Waals surface area contributed by atoms with Crippen molar-refractivity contribution in [3.8, 4) is 11.3 Å². The van der Waals surface area contributed by atoms with Crippen LogP contribution in [0.5, 0.6) is 0 Å². The quantitative estimate of drug-likeness (QED) is 0.851. The number of aromatic nitrogens is 2. The zero-order chi connectivity index (χ0) is 13.5. The highest BCUT2D eigenvalue weighted by atomic mass is 79.9. The molecule has 0 aliphatic heterocycles. The van der Waals surface area contributed by atoms with Gasteiger partial charge >= 0.3 is 0 Å². The summed E-state index contributed by atoms with van der Waals surface area (Å²) in [5, 5.41) is 4.31. The van der Waals surface area contributed by atoms with E-state index in [2.05, 4.69) is 21.0 Å². The maximum atomic E-state index is 11.4. The fourth-order valence-electron chi connectivity index (χ4n) is 1.81. The van der Waals surface area contributed by atoms with E-state index < -0.39 is 9.84 Å². The molecule has 0 spiro atoms. The lowest BCUT2D eigenvalue weighted by molar-refractivity contribution is 0.602. The first kappa shape index (κ1) is 13.3. The molecule has 18 heavy (non-hydrogen) atoms. The Morgan fingerprint density at radius 3 is 2.17 bits per heavy atom. The average molecular weight is 329 g/mol. The Morgan fingerprint density at radius 1 is 1.22 bits per heavy atom. The molecule has 2 rings (SSSR count). The van der Waals surface area contributed by atoms with E-state index in [1.54, 1.807) is 28.9 Å². The molecule has 0 fully saturated rings. The van der Waals surface area contributed by atoms with Crippen LogP contribution in [0.2, 0.25) is 0 Å². The second-order valence-corrected chi connectivity index (χ2v) is 6.98. The molecule has 96 valence electrons.